The zero-order valence-electron chi connectivity index (χ0n) is 12.0. The molecule has 18 heavy (non-hydrogen) atoms. The Hall–Kier alpha value is -1.50. The second kappa shape index (κ2) is 5.43. The Morgan fingerprint density at radius 3 is 1.78 bits per heavy atom. The summed E-state index contributed by atoms with van der Waals surface area (Å²) in [6.07, 6.45) is 2.27. The lowest BCUT2D eigenvalue weighted by atomic mass is 10.0. The third kappa shape index (κ3) is 2.22. The fourth-order valence-corrected chi connectivity index (χ4v) is 2.96. The Bertz CT molecular complexity index is 493. The molecule has 96 valence electrons. The van der Waals surface area contributed by atoms with Crippen LogP contribution in [0.4, 0.5) is 0 Å². The van der Waals surface area contributed by atoms with Crippen molar-refractivity contribution in [2.45, 2.75) is 47.1 Å². The van der Waals surface area contributed by atoms with Crippen molar-refractivity contribution in [3.05, 3.63) is 58.4 Å². The highest BCUT2D eigenvalue weighted by atomic mass is 15.0. The van der Waals surface area contributed by atoms with Crippen LogP contribution >= 0.6 is 0 Å². The first-order valence-electron chi connectivity index (χ1n) is 6.90. The summed E-state index contributed by atoms with van der Waals surface area (Å²) in [4.78, 5) is 0. The predicted octanol–water partition coefficient (Wildman–Crippen LogP) is 4.28. The van der Waals surface area contributed by atoms with Gasteiger partial charge in [-0.25, -0.2) is 0 Å². The second-order valence-electron chi connectivity index (χ2n) is 4.91. The molecule has 2 rings (SSSR count). The van der Waals surface area contributed by atoms with Crippen LogP contribution in [0.3, 0.4) is 0 Å². The lowest BCUT2D eigenvalue weighted by molar-refractivity contribution is 0.742. The van der Waals surface area contributed by atoms with Gasteiger partial charge in [0.05, 0.1) is 0 Å². The first kappa shape index (κ1) is 12.9. The van der Waals surface area contributed by atoms with Gasteiger partial charge in [0.25, 0.3) is 0 Å². The molecule has 1 heterocycles. The number of rotatable bonds is 4. The molecule has 0 aliphatic carbocycles. The predicted molar refractivity (Wildman–Crippen MR) is 78.2 cm³/mol. The highest BCUT2D eigenvalue weighted by molar-refractivity contribution is 5.38. The van der Waals surface area contributed by atoms with Gasteiger partial charge in [-0.2, -0.15) is 0 Å². The van der Waals surface area contributed by atoms with Crippen LogP contribution < -0.4 is 0 Å². The summed E-state index contributed by atoms with van der Waals surface area (Å²) in [6, 6.07) is 10.7. The minimum Gasteiger partial charge on any atom is -0.344 e. The molecule has 0 aliphatic heterocycles. The number of aromatic nitrogens is 1. The van der Waals surface area contributed by atoms with Crippen molar-refractivity contribution in [3.8, 4) is 0 Å². The van der Waals surface area contributed by atoms with E-state index >= 15 is 0 Å². The van der Waals surface area contributed by atoms with E-state index in [1.165, 1.54) is 17.0 Å². The summed E-state index contributed by atoms with van der Waals surface area (Å²) < 4.78 is 2.47. The minimum absolute atomic E-state index is 0.992. The molecule has 1 nitrogen and oxygen atoms in total. The van der Waals surface area contributed by atoms with E-state index in [-0.39, 0.29) is 0 Å². The Balaban J connectivity index is 2.42. The largest absolute Gasteiger partial charge is 0.344 e. The first-order chi connectivity index (χ1) is 8.69. The van der Waals surface area contributed by atoms with Crippen LogP contribution in [0.1, 0.15) is 41.9 Å². The highest BCUT2D eigenvalue weighted by Crippen LogP contribution is 2.24. The van der Waals surface area contributed by atoms with E-state index in [1.807, 2.05) is 0 Å². The van der Waals surface area contributed by atoms with E-state index in [0.717, 1.165) is 19.4 Å². The number of hydrogen-bond donors (Lipinski definition) is 0. The van der Waals surface area contributed by atoms with Crippen LogP contribution in [0.5, 0.6) is 0 Å². The van der Waals surface area contributed by atoms with E-state index in [2.05, 4.69) is 62.6 Å². The molecule has 0 bridgehead atoms. The average molecular weight is 241 g/mol. The van der Waals surface area contributed by atoms with Crippen molar-refractivity contribution in [3.63, 3.8) is 0 Å². The molecule has 0 unspecified atom stereocenters. The van der Waals surface area contributed by atoms with Gasteiger partial charge in [-0.1, -0.05) is 44.2 Å². The van der Waals surface area contributed by atoms with E-state index in [0.29, 0.717) is 0 Å². The van der Waals surface area contributed by atoms with Gasteiger partial charge in [-0.3, -0.25) is 0 Å². The van der Waals surface area contributed by atoms with Crippen LogP contribution in [0.2, 0.25) is 0 Å². The van der Waals surface area contributed by atoms with Gasteiger partial charge >= 0.3 is 0 Å². The van der Waals surface area contributed by atoms with Gasteiger partial charge in [0.2, 0.25) is 0 Å². The van der Waals surface area contributed by atoms with Crippen LogP contribution in [-0.4, -0.2) is 4.57 Å². The molecule has 0 saturated carbocycles. The monoisotopic (exact) mass is 241 g/mol. The van der Waals surface area contributed by atoms with Crippen LogP contribution in [0.15, 0.2) is 30.3 Å². The Morgan fingerprint density at radius 2 is 1.33 bits per heavy atom. The van der Waals surface area contributed by atoms with Gasteiger partial charge in [0.15, 0.2) is 0 Å². The zero-order chi connectivity index (χ0) is 13.1. The van der Waals surface area contributed by atoms with E-state index in [1.54, 1.807) is 11.1 Å². The normalized spacial score (nSPS) is 10.9. The molecule has 0 fully saturated rings. The van der Waals surface area contributed by atoms with Gasteiger partial charge in [0, 0.05) is 17.9 Å². The maximum absolute atomic E-state index is 2.47. The summed E-state index contributed by atoms with van der Waals surface area (Å²) in [6.45, 7) is 10.0. The number of benzene rings is 1. The topological polar surface area (TPSA) is 4.93 Å². The standard InChI is InChI=1S/C17H23N/c1-5-16-13(3)18(14(4)17(16)6-2)12-15-10-8-7-9-11-15/h7-11H,5-6,12H2,1-4H3. The molecule has 0 spiro atoms. The number of hydrogen-bond acceptors (Lipinski definition) is 0. The molecule has 1 heteroatoms. The fourth-order valence-electron chi connectivity index (χ4n) is 2.96. The van der Waals surface area contributed by atoms with Crippen LogP contribution in [0, 0.1) is 13.8 Å². The highest BCUT2D eigenvalue weighted by Gasteiger charge is 2.14. The third-order valence-corrected chi connectivity index (χ3v) is 3.94. The van der Waals surface area contributed by atoms with Crippen molar-refractivity contribution < 1.29 is 0 Å². The minimum atomic E-state index is 0.992. The summed E-state index contributed by atoms with van der Waals surface area (Å²) in [5.74, 6) is 0. The van der Waals surface area contributed by atoms with E-state index in [9.17, 15) is 0 Å². The van der Waals surface area contributed by atoms with Gasteiger partial charge < -0.3 is 4.57 Å². The molecular formula is C17H23N. The molecule has 0 radical (unpaired) electrons. The van der Waals surface area contributed by atoms with Crippen molar-refractivity contribution in [1.82, 2.24) is 4.57 Å². The Labute approximate surface area is 110 Å². The molecule has 1 aromatic carbocycles. The zero-order valence-corrected chi connectivity index (χ0v) is 12.0. The second-order valence-corrected chi connectivity index (χ2v) is 4.91. The molecule has 0 atom stereocenters. The number of nitrogens with zero attached hydrogens (tertiary/aromatic N) is 1. The third-order valence-electron chi connectivity index (χ3n) is 3.94. The fraction of sp³-hybridized carbons (Fsp3) is 0.412. The van der Waals surface area contributed by atoms with Crippen molar-refractivity contribution in [1.29, 1.82) is 0 Å². The quantitative estimate of drug-likeness (QED) is 0.753. The lowest BCUT2D eigenvalue weighted by Crippen LogP contribution is -2.04. The molecule has 0 aliphatic rings. The van der Waals surface area contributed by atoms with E-state index in [4.69, 9.17) is 0 Å². The van der Waals surface area contributed by atoms with Crippen LogP contribution in [0.25, 0.3) is 0 Å². The lowest BCUT2D eigenvalue weighted by Gasteiger charge is -2.10. The molecular weight excluding hydrogens is 218 g/mol. The van der Waals surface area contributed by atoms with Crippen LogP contribution in [-0.2, 0) is 19.4 Å². The van der Waals surface area contributed by atoms with E-state index < -0.39 is 0 Å². The van der Waals surface area contributed by atoms with Crippen molar-refractivity contribution in [2.75, 3.05) is 0 Å². The summed E-state index contributed by atoms with van der Waals surface area (Å²) in [5, 5.41) is 0. The maximum Gasteiger partial charge on any atom is 0.0475 e. The first-order valence-corrected chi connectivity index (χ1v) is 6.90. The summed E-state index contributed by atoms with van der Waals surface area (Å²) in [5.41, 5.74) is 7.35. The molecule has 0 N–H and O–H groups in total. The average Bonchev–Trinajstić information content (AvgIpc) is 2.63. The van der Waals surface area contributed by atoms with Gasteiger partial charge in [-0.15, -0.1) is 0 Å². The van der Waals surface area contributed by atoms with Crippen molar-refractivity contribution in [2.24, 2.45) is 0 Å². The Kier molecular flexibility index (Phi) is 3.90. The molecule has 1 aromatic heterocycles. The molecule has 0 amide bonds. The smallest absolute Gasteiger partial charge is 0.0475 e. The molecule has 0 saturated heterocycles. The SMILES string of the molecule is CCc1c(CC)c(C)n(Cc2ccccc2)c1C. The maximum atomic E-state index is 2.47. The van der Waals surface area contributed by atoms with Crippen molar-refractivity contribution >= 4 is 0 Å². The Morgan fingerprint density at radius 1 is 0.833 bits per heavy atom. The summed E-state index contributed by atoms with van der Waals surface area (Å²) >= 11 is 0. The summed E-state index contributed by atoms with van der Waals surface area (Å²) in [7, 11) is 0. The van der Waals surface area contributed by atoms with Gasteiger partial charge in [0.1, 0.15) is 0 Å². The van der Waals surface area contributed by atoms with Gasteiger partial charge in [-0.05, 0) is 43.4 Å². The molecule has 2 aromatic rings.